The van der Waals surface area contributed by atoms with Gasteiger partial charge in [0.15, 0.2) is 0 Å². The third-order valence-corrected chi connectivity index (χ3v) is 4.78. The monoisotopic (exact) mass is 219 g/mol. The highest BCUT2D eigenvalue weighted by molar-refractivity contribution is 7.88. The Morgan fingerprint density at radius 1 is 1.21 bits per heavy atom. The third-order valence-electron chi connectivity index (χ3n) is 3.43. The summed E-state index contributed by atoms with van der Waals surface area (Å²) < 4.78 is 24.2. The molecule has 1 fully saturated rings. The van der Waals surface area contributed by atoms with Crippen molar-refractivity contribution in [3.8, 4) is 0 Å². The van der Waals surface area contributed by atoms with Crippen LogP contribution in [0.5, 0.6) is 0 Å². The Labute approximate surface area is 87.5 Å². The molecular formula is C10H21NO2S. The van der Waals surface area contributed by atoms with Gasteiger partial charge in [-0.25, -0.2) is 12.7 Å². The molecule has 0 aromatic carbocycles. The zero-order chi connectivity index (χ0) is 10.8. The standard InChI is InChI=1S/C10H21NO2S/c1-4-9-5-7-10(8-6-9)11(2)14(3,12)13/h9-10H,4-8H2,1-3H3. The average molecular weight is 219 g/mol. The average Bonchev–Trinajstić information content (AvgIpc) is 2.15. The molecule has 1 rings (SSSR count). The summed E-state index contributed by atoms with van der Waals surface area (Å²) in [7, 11) is -1.29. The summed E-state index contributed by atoms with van der Waals surface area (Å²) >= 11 is 0. The van der Waals surface area contributed by atoms with Gasteiger partial charge in [-0.1, -0.05) is 13.3 Å². The number of sulfonamides is 1. The van der Waals surface area contributed by atoms with Crippen LogP contribution in [0.2, 0.25) is 0 Å². The molecule has 0 aromatic rings. The van der Waals surface area contributed by atoms with Crippen molar-refractivity contribution in [3.05, 3.63) is 0 Å². The van der Waals surface area contributed by atoms with Gasteiger partial charge < -0.3 is 0 Å². The van der Waals surface area contributed by atoms with Gasteiger partial charge in [0.1, 0.15) is 0 Å². The van der Waals surface area contributed by atoms with Crippen LogP contribution in [0.25, 0.3) is 0 Å². The Bertz CT molecular complexity index is 266. The molecule has 84 valence electrons. The van der Waals surface area contributed by atoms with Crippen LogP contribution in [0, 0.1) is 5.92 Å². The summed E-state index contributed by atoms with van der Waals surface area (Å²) in [5, 5.41) is 0. The van der Waals surface area contributed by atoms with Gasteiger partial charge in [0.25, 0.3) is 0 Å². The SMILES string of the molecule is CCC1CCC(N(C)S(C)(=O)=O)CC1. The van der Waals surface area contributed by atoms with Crippen LogP contribution in [-0.2, 0) is 10.0 Å². The van der Waals surface area contributed by atoms with Crippen LogP contribution in [0.3, 0.4) is 0 Å². The molecule has 0 N–H and O–H groups in total. The molecule has 0 aliphatic heterocycles. The molecule has 0 spiro atoms. The molecular weight excluding hydrogens is 198 g/mol. The van der Waals surface area contributed by atoms with E-state index in [1.807, 2.05) is 0 Å². The normalized spacial score (nSPS) is 29.4. The zero-order valence-corrected chi connectivity index (χ0v) is 10.2. The van der Waals surface area contributed by atoms with Crippen LogP contribution in [-0.4, -0.2) is 32.1 Å². The maximum Gasteiger partial charge on any atom is 0.211 e. The van der Waals surface area contributed by atoms with Crippen molar-refractivity contribution in [2.45, 2.75) is 45.1 Å². The quantitative estimate of drug-likeness (QED) is 0.726. The van der Waals surface area contributed by atoms with E-state index in [9.17, 15) is 8.42 Å². The van der Waals surface area contributed by atoms with Crippen molar-refractivity contribution in [1.82, 2.24) is 4.31 Å². The molecule has 1 aliphatic carbocycles. The maximum absolute atomic E-state index is 11.3. The van der Waals surface area contributed by atoms with Crippen molar-refractivity contribution in [2.75, 3.05) is 13.3 Å². The Kier molecular flexibility index (Phi) is 3.95. The fraction of sp³-hybridized carbons (Fsp3) is 1.00. The fourth-order valence-corrected chi connectivity index (χ4v) is 2.94. The second kappa shape index (κ2) is 4.62. The van der Waals surface area contributed by atoms with E-state index >= 15 is 0 Å². The number of nitrogens with zero attached hydrogens (tertiary/aromatic N) is 1. The number of rotatable bonds is 3. The Morgan fingerprint density at radius 2 is 1.71 bits per heavy atom. The van der Waals surface area contributed by atoms with E-state index in [0.29, 0.717) is 0 Å². The Balaban J connectivity index is 2.50. The summed E-state index contributed by atoms with van der Waals surface area (Å²) in [4.78, 5) is 0. The van der Waals surface area contributed by atoms with Crippen LogP contribution in [0.4, 0.5) is 0 Å². The third kappa shape index (κ3) is 2.95. The lowest BCUT2D eigenvalue weighted by Crippen LogP contribution is -2.38. The van der Waals surface area contributed by atoms with E-state index in [1.165, 1.54) is 25.5 Å². The minimum Gasteiger partial charge on any atom is -0.213 e. The van der Waals surface area contributed by atoms with Crippen LogP contribution < -0.4 is 0 Å². The van der Waals surface area contributed by atoms with E-state index in [1.54, 1.807) is 11.4 Å². The van der Waals surface area contributed by atoms with Gasteiger partial charge in [0, 0.05) is 13.1 Å². The minimum atomic E-state index is -2.99. The lowest BCUT2D eigenvalue weighted by molar-refractivity contribution is 0.234. The highest BCUT2D eigenvalue weighted by Crippen LogP contribution is 2.29. The fourth-order valence-electron chi connectivity index (χ4n) is 2.19. The smallest absolute Gasteiger partial charge is 0.211 e. The first kappa shape index (κ1) is 12.0. The predicted octanol–water partition coefficient (Wildman–Crippen LogP) is 1.85. The highest BCUT2D eigenvalue weighted by atomic mass is 32.2. The van der Waals surface area contributed by atoms with Crippen LogP contribution >= 0.6 is 0 Å². The molecule has 1 aliphatic rings. The van der Waals surface area contributed by atoms with Crippen molar-refractivity contribution >= 4 is 10.0 Å². The van der Waals surface area contributed by atoms with E-state index in [2.05, 4.69) is 6.92 Å². The molecule has 4 heteroatoms. The lowest BCUT2D eigenvalue weighted by Gasteiger charge is -2.32. The van der Waals surface area contributed by atoms with E-state index < -0.39 is 10.0 Å². The molecule has 1 saturated carbocycles. The summed E-state index contributed by atoms with van der Waals surface area (Å²) in [6.07, 6.45) is 6.94. The molecule has 0 heterocycles. The minimum absolute atomic E-state index is 0.243. The van der Waals surface area contributed by atoms with Crippen LogP contribution in [0.15, 0.2) is 0 Å². The molecule has 0 saturated heterocycles. The summed E-state index contributed by atoms with van der Waals surface area (Å²) in [5.41, 5.74) is 0. The Hall–Kier alpha value is -0.0900. The van der Waals surface area contributed by atoms with Crippen LogP contribution in [0.1, 0.15) is 39.0 Å². The summed E-state index contributed by atoms with van der Waals surface area (Å²) in [6.45, 7) is 2.21. The molecule has 0 radical (unpaired) electrons. The molecule has 0 atom stereocenters. The topological polar surface area (TPSA) is 37.4 Å². The van der Waals surface area contributed by atoms with E-state index in [4.69, 9.17) is 0 Å². The van der Waals surface area contributed by atoms with Crippen molar-refractivity contribution in [3.63, 3.8) is 0 Å². The largest absolute Gasteiger partial charge is 0.213 e. The van der Waals surface area contributed by atoms with Gasteiger partial charge in [-0.2, -0.15) is 0 Å². The molecule has 0 aromatic heterocycles. The second-order valence-corrected chi connectivity index (χ2v) is 6.40. The first-order valence-electron chi connectivity index (χ1n) is 5.38. The first-order valence-corrected chi connectivity index (χ1v) is 7.23. The first-order chi connectivity index (χ1) is 6.45. The Morgan fingerprint density at radius 3 is 2.07 bits per heavy atom. The second-order valence-electron chi connectivity index (χ2n) is 4.36. The summed E-state index contributed by atoms with van der Waals surface area (Å²) in [5.74, 6) is 0.819. The summed E-state index contributed by atoms with van der Waals surface area (Å²) in [6, 6.07) is 0.243. The molecule has 3 nitrogen and oxygen atoms in total. The number of hydrogen-bond donors (Lipinski definition) is 0. The van der Waals surface area contributed by atoms with Crippen molar-refractivity contribution in [2.24, 2.45) is 5.92 Å². The van der Waals surface area contributed by atoms with Gasteiger partial charge in [0.05, 0.1) is 6.26 Å². The van der Waals surface area contributed by atoms with Gasteiger partial charge in [0.2, 0.25) is 10.0 Å². The predicted molar refractivity (Wildman–Crippen MR) is 58.6 cm³/mol. The van der Waals surface area contributed by atoms with Gasteiger partial charge >= 0.3 is 0 Å². The maximum atomic E-state index is 11.3. The van der Waals surface area contributed by atoms with Crippen molar-refractivity contribution < 1.29 is 8.42 Å². The van der Waals surface area contributed by atoms with Gasteiger partial charge in [-0.15, -0.1) is 0 Å². The molecule has 0 bridgehead atoms. The molecule has 14 heavy (non-hydrogen) atoms. The molecule has 0 amide bonds. The van der Waals surface area contributed by atoms with Crippen molar-refractivity contribution in [1.29, 1.82) is 0 Å². The zero-order valence-electron chi connectivity index (χ0n) is 9.36. The highest BCUT2D eigenvalue weighted by Gasteiger charge is 2.27. The van der Waals surface area contributed by atoms with E-state index in [0.717, 1.165) is 18.8 Å². The van der Waals surface area contributed by atoms with E-state index in [-0.39, 0.29) is 6.04 Å². The molecule has 0 unspecified atom stereocenters. The van der Waals surface area contributed by atoms with Gasteiger partial charge in [-0.3, -0.25) is 0 Å². The van der Waals surface area contributed by atoms with Gasteiger partial charge in [-0.05, 0) is 31.6 Å². The lowest BCUT2D eigenvalue weighted by atomic mass is 9.85. The number of hydrogen-bond acceptors (Lipinski definition) is 2.